The summed E-state index contributed by atoms with van der Waals surface area (Å²) < 4.78 is 0. The summed E-state index contributed by atoms with van der Waals surface area (Å²) in [6.07, 6.45) is 3.96. The van der Waals surface area contributed by atoms with Crippen LogP contribution in [0.4, 0.5) is 0 Å². The molecule has 0 radical (unpaired) electrons. The van der Waals surface area contributed by atoms with Gasteiger partial charge in [0.25, 0.3) is 0 Å². The highest BCUT2D eigenvalue weighted by molar-refractivity contribution is 4.52. The largest absolute Gasteiger partial charge is 0.304 e. The monoisotopic (exact) mass is 143 g/mol. The Hall–Kier alpha value is -0.0400. The normalized spacial score (nSPS) is 10.8. The van der Waals surface area contributed by atoms with Crippen molar-refractivity contribution in [2.75, 3.05) is 19.6 Å². The molecule has 0 aromatic heterocycles. The summed E-state index contributed by atoms with van der Waals surface area (Å²) in [6.45, 7) is 10.5. The minimum atomic E-state index is 1.22. The van der Waals surface area contributed by atoms with Crippen LogP contribution in [0.5, 0.6) is 0 Å². The number of hydrogen-bond donors (Lipinski definition) is 0. The highest BCUT2D eigenvalue weighted by Crippen LogP contribution is 1.95. The molecule has 0 saturated heterocycles. The second-order valence-electron chi connectivity index (χ2n) is 2.79. The maximum absolute atomic E-state index is 2.52. The third-order valence-corrected chi connectivity index (χ3v) is 1.81. The van der Waals surface area contributed by atoms with Gasteiger partial charge in [-0.3, -0.25) is 0 Å². The number of hydrogen-bond acceptors (Lipinski definition) is 1. The maximum Gasteiger partial charge on any atom is -0.00190 e. The van der Waals surface area contributed by atoms with Crippen molar-refractivity contribution >= 4 is 0 Å². The van der Waals surface area contributed by atoms with Crippen LogP contribution in [0.2, 0.25) is 0 Å². The van der Waals surface area contributed by atoms with Gasteiger partial charge in [0.2, 0.25) is 0 Å². The van der Waals surface area contributed by atoms with E-state index in [0.717, 1.165) is 0 Å². The molecular formula is C9H21N. The number of unbranched alkanes of at least 4 members (excludes halogenated alkanes) is 1. The first-order chi connectivity index (χ1) is 4.85. The molecule has 62 valence electrons. The van der Waals surface area contributed by atoms with E-state index in [1.807, 2.05) is 0 Å². The van der Waals surface area contributed by atoms with Crippen molar-refractivity contribution in [3.63, 3.8) is 0 Å². The molecule has 0 heterocycles. The Morgan fingerprint density at radius 1 is 0.900 bits per heavy atom. The molecule has 0 amide bonds. The van der Waals surface area contributed by atoms with Gasteiger partial charge in [0, 0.05) is 0 Å². The van der Waals surface area contributed by atoms with Gasteiger partial charge in [-0.05, 0) is 32.5 Å². The molecule has 0 aliphatic heterocycles. The van der Waals surface area contributed by atoms with Gasteiger partial charge in [0.05, 0.1) is 0 Å². The Bertz CT molecular complexity index is 61.7. The zero-order chi connectivity index (χ0) is 7.82. The van der Waals surface area contributed by atoms with E-state index in [1.54, 1.807) is 0 Å². The molecule has 0 N–H and O–H groups in total. The smallest absolute Gasteiger partial charge is 0.00190 e. The summed E-state index contributed by atoms with van der Waals surface area (Å²) >= 11 is 0. The van der Waals surface area contributed by atoms with Crippen LogP contribution in [-0.2, 0) is 0 Å². The highest BCUT2D eigenvalue weighted by atomic mass is 15.1. The van der Waals surface area contributed by atoms with Crippen LogP contribution in [-0.4, -0.2) is 24.5 Å². The van der Waals surface area contributed by atoms with Crippen LogP contribution >= 0.6 is 0 Å². The van der Waals surface area contributed by atoms with Gasteiger partial charge in [-0.2, -0.15) is 0 Å². The average Bonchev–Trinajstić information content (AvgIpc) is 1.98. The molecule has 0 unspecified atom stereocenters. The second-order valence-corrected chi connectivity index (χ2v) is 2.79. The molecule has 1 nitrogen and oxygen atoms in total. The Balaban J connectivity index is 3.21. The SMILES string of the molecule is CCCCN(CC)CCC. The Morgan fingerprint density at radius 2 is 1.60 bits per heavy atom. The molecule has 0 aromatic carbocycles. The van der Waals surface area contributed by atoms with Gasteiger partial charge in [-0.25, -0.2) is 0 Å². The predicted octanol–water partition coefficient (Wildman–Crippen LogP) is 2.52. The van der Waals surface area contributed by atoms with Crippen LogP contribution in [0.15, 0.2) is 0 Å². The fourth-order valence-corrected chi connectivity index (χ4v) is 1.13. The van der Waals surface area contributed by atoms with E-state index < -0.39 is 0 Å². The summed E-state index contributed by atoms with van der Waals surface area (Å²) in [5.74, 6) is 0. The van der Waals surface area contributed by atoms with E-state index in [9.17, 15) is 0 Å². The molecular weight excluding hydrogens is 122 g/mol. The Morgan fingerprint density at radius 3 is 2.00 bits per heavy atom. The fourth-order valence-electron chi connectivity index (χ4n) is 1.13. The molecule has 0 aliphatic carbocycles. The molecule has 10 heavy (non-hydrogen) atoms. The summed E-state index contributed by atoms with van der Waals surface area (Å²) in [5, 5.41) is 0. The van der Waals surface area contributed by atoms with E-state index in [2.05, 4.69) is 25.7 Å². The average molecular weight is 143 g/mol. The van der Waals surface area contributed by atoms with Crippen LogP contribution in [0.25, 0.3) is 0 Å². The van der Waals surface area contributed by atoms with E-state index in [-0.39, 0.29) is 0 Å². The van der Waals surface area contributed by atoms with Gasteiger partial charge in [0.15, 0.2) is 0 Å². The van der Waals surface area contributed by atoms with Crippen molar-refractivity contribution in [3.8, 4) is 0 Å². The fraction of sp³-hybridized carbons (Fsp3) is 1.00. The first-order valence-electron chi connectivity index (χ1n) is 4.57. The minimum absolute atomic E-state index is 1.22. The van der Waals surface area contributed by atoms with Crippen molar-refractivity contribution in [2.24, 2.45) is 0 Å². The molecule has 0 aromatic rings. The van der Waals surface area contributed by atoms with Crippen LogP contribution in [0.3, 0.4) is 0 Å². The summed E-state index contributed by atoms with van der Waals surface area (Å²) in [4.78, 5) is 2.52. The zero-order valence-electron chi connectivity index (χ0n) is 7.69. The molecule has 0 atom stereocenters. The van der Waals surface area contributed by atoms with Crippen molar-refractivity contribution in [1.29, 1.82) is 0 Å². The number of rotatable bonds is 6. The van der Waals surface area contributed by atoms with E-state index >= 15 is 0 Å². The van der Waals surface area contributed by atoms with E-state index in [4.69, 9.17) is 0 Å². The van der Waals surface area contributed by atoms with Crippen molar-refractivity contribution in [3.05, 3.63) is 0 Å². The van der Waals surface area contributed by atoms with Gasteiger partial charge < -0.3 is 4.90 Å². The van der Waals surface area contributed by atoms with Crippen molar-refractivity contribution in [2.45, 2.75) is 40.0 Å². The predicted molar refractivity (Wildman–Crippen MR) is 47.3 cm³/mol. The quantitative estimate of drug-likeness (QED) is 0.552. The van der Waals surface area contributed by atoms with Crippen molar-refractivity contribution in [1.82, 2.24) is 4.90 Å². The highest BCUT2D eigenvalue weighted by Gasteiger charge is 1.97. The lowest BCUT2D eigenvalue weighted by Gasteiger charge is -2.18. The van der Waals surface area contributed by atoms with Crippen LogP contribution < -0.4 is 0 Å². The van der Waals surface area contributed by atoms with Crippen LogP contribution in [0, 0.1) is 0 Å². The lowest BCUT2D eigenvalue weighted by Crippen LogP contribution is -2.25. The summed E-state index contributed by atoms with van der Waals surface area (Å²) in [5.41, 5.74) is 0. The molecule has 0 rings (SSSR count). The van der Waals surface area contributed by atoms with Crippen molar-refractivity contribution < 1.29 is 0 Å². The van der Waals surface area contributed by atoms with Crippen LogP contribution in [0.1, 0.15) is 40.0 Å². The van der Waals surface area contributed by atoms with Gasteiger partial charge in [-0.15, -0.1) is 0 Å². The van der Waals surface area contributed by atoms with E-state index in [1.165, 1.54) is 38.9 Å². The standard InChI is InChI=1S/C9H21N/c1-4-7-9-10(6-3)8-5-2/h4-9H2,1-3H3. The lowest BCUT2D eigenvalue weighted by atomic mass is 10.3. The van der Waals surface area contributed by atoms with Gasteiger partial charge in [0.1, 0.15) is 0 Å². The summed E-state index contributed by atoms with van der Waals surface area (Å²) in [6, 6.07) is 0. The first kappa shape index (κ1) is 9.96. The second kappa shape index (κ2) is 7.07. The summed E-state index contributed by atoms with van der Waals surface area (Å²) in [7, 11) is 0. The first-order valence-corrected chi connectivity index (χ1v) is 4.57. The lowest BCUT2D eigenvalue weighted by molar-refractivity contribution is 0.284. The third-order valence-electron chi connectivity index (χ3n) is 1.81. The minimum Gasteiger partial charge on any atom is -0.304 e. The zero-order valence-corrected chi connectivity index (χ0v) is 7.69. The molecule has 0 saturated carbocycles. The Kier molecular flexibility index (Phi) is 7.04. The molecule has 1 heteroatoms. The number of nitrogens with zero attached hydrogens (tertiary/aromatic N) is 1. The topological polar surface area (TPSA) is 3.24 Å². The molecule has 0 spiro atoms. The third kappa shape index (κ3) is 4.80. The van der Waals surface area contributed by atoms with Gasteiger partial charge >= 0.3 is 0 Å². The molecule has 0 bridgehead atoms. The van der Waals surface area contributed by atoms with E-state index in [0.29, 0.717) is 0 Å². The molecule has 0 aliphatic rings. The Labute approximate surface area is 65.4 Å². The molecule has 0 fully saturated rings. The van der Waals surface area contributed by atoms with Gasteiger partial charge in [-0.1, -0.05) is 27.2 Å². The maximum atomic E-state index is 2.52.